The van der Waals surface area contributed by atoms with E-state index >= 15 is 0 Å². The molecule has 0 amide bonds. The van der Waals surface area contributed by atoms with E-state index in [9.17, 15) is 9.90 Å². The van der Waals surface area contributed by atoms with Crippen LogP contribution >= 0.6 is 11.3 Å². The van der Waals surface area contributed by atoms with E-state index in [0.29, 0.717) is 0 Å². The molecule has 1 atom stereocenters. The number of aliphatic carboxylic acids is 1. The van der Waals surface area contributed by atoms with E-state index in [0.717, 1.165) is 10.6 Å². The molecule has 0 saturated heterocycles. The third-order valence-electron chi connectivity index (χ3n) is 2.41. The van der Waals surface area contributed by atoms with Crippen molar-refractivity contribution in [1.29, 1.82) is 0 Å². The van der Waals surface area contributed by atoms with Crippen LogP contribution in [0.1, 0.15) is 17.5 Å². The Hall–Kier alpha value is -0.920. The van der Waals surface area contributed by atoms with Gasteiger partial charge in [0.2, 0.25) is 0 Å². The molecule has 0 saturated carbocycles. The molecular formula is C13H13N2NaO3S. The van der Waals surface area contributed by atoms with Crippen molar-refractivity contribution in [1.82, 2.24) is 9.78 Å². The number of rotatable bonds is 6. The Balaban J connectivity index is 0.00000200. The second-order valence-corrected chi connectivity index (χ2v) is 4.87. The van der Waals surface area contributed by atoms with Crippen LogP contribution in [0, 0.1) is 0 Å². The first kappa shape index (κ1) is 17.1. The van der Waals surface area contributed by atoms with E-state index in [2.05, 4.69) is 5.10 Å². The van der Waals surface area contributed by atoms with Gasteiger partial charge in [-0.15, -0.1) is 11.3 Å². The minimum Gasteiger partial charge on any atom is -0.547 e. The first-order valence-electron chi connectivity index (χ1n) is 5.72. The first-order valence-corrected chi connectivity index (χ1v) is 6.60. The normalized spacial score (nSPS) is 12.2. The zero-order valence-corrected chi connectivity index (χ0v) is 14.2. The number of thiophene rings is 1. The molecule has 20 heavy (non-hydrogen) atoms. The molecule has 2 heterocycles. The van der Waals surface area contributed by atoms with Gasteiger partial charge in [0.25, 0.3) is 0 Å². The molecule has 2 rings (SSSR count). The minimum absolute atomic E-state index is 0. The third kappa shape index (κ3) is 5.22. The van der Waals surface area contributed by atoms with Crippen molar-refractivity contribution in [3.8, 4) is 0 Å². The Morgan fingerprint density at radius 3 is 3.00 bits per heavy atom. The molecule has 0 aliphatic rings. The van der Waals surface area contributed by atoms with Crippen molar-refractivity contribution in [2.75, 3.05) is 0 Å². The molecule has 0 aliphatic carbocycles. The van der Waals surface area contributed by atoms with Gasteiger partial charge in [-0.05, 0) is 36.6 Å². The Bertz CT molecular complexity index is 566. The fourth-order valence-corrected chi connectivity index (χ4v) is 1.97. The van der Waals surface area contributed by atoms with Crippen molar-refractivity contribution in [2.45, 2.75) is 19.8 Å². The summed E-state index contributed by atoms with van der Waals surface area (Å²) in [6.45, 7) is 1.51. The van der Waals surface area contributed by atoms with Gasteiger partial charge < -0.3 is 14.6 Å². The van der Waals surface area contributed by atoms with Crippen LogP contribution in [0.25, 0.3) is 12.2 Å². The third-order valence-corrected chi connectivity index (χ3v) is 3.25. The van der Waals surface area contributed by atoms with E-state index in [1.807, 2.05) is 35.7 Å². The maximum absolute atomic E-state index is 10.5. The van der Waals surface area contributed by atoms with Crippen LogP contribution in [0.3, 0.4) is 0 Å². The van der Waals surface area contributed by atoms with Gasteiger partial charge >= 0.3 is 29.6 Å². The smallest absolute Gasteiger partial charge is 0.547 e. The van der Waals surface area contributed by atoms with E-state index in [1.165, 1.54) is 11.6 Å². The van der Waals surface area contributed by atoms with Gasteiger partial charge in [-0.25, -0.2) is 4.68 Å². The Morgan fingerprint density at radius 1 is 1.55 bits per heavy atom. The molecule has 2 aromatic rings. The molecule has 5 nitrogen and oxygen atoms in total. The summed E-state index contributed by atoms with van der Waals surface area (Å²) in [4.78, 5) is 11.6. The molecule has 0 aliphatic heterocycles. The number of carboxylic acid groups (broad SMARTS) is 1. The van der Waals surface area contributed by atoms with Crippen LogP contribution in [0.2, 0.25) is 0 Å². The van der Waals surface area contributed by atoms with Crippen molar-refractivity contribution >= 4 is 29.5 Å². The molecule has 0 fully saturated rings. The van der Waals surface area contributed by atoms with Crippen molar-refractivity contribution in [3.63, 3.8) is 0 Å². The SMILES string of the molecule is CC(OCn1ccc(/C=C/c2cccs2)n1)C(=O)[O-].[Na+]. The predicted octanol–water partition coefficient (Wildman–Crippen LogP) is -1.77. The fourth-order valence-electron chi connectivity index (χ4n) is 1.35. The van der Waals surface area contributed by atoms with Gasteiger partial charge in [-0.2, -0.15) is 5.10 Å². The zero-order chi connectivity index (χ0) is 13.7. The number of carbonyl (C=O) groups excluding carboxylic acids is 1. The summed E-state index contributed by atoms with van der Waals surface area (Å²) in [6, 6.07) is 5.83. The van der Waals surface area contributed by atoms with Gasteiger partial charge in [0.1, 0.15) is 6.73 Å². The molecule has 0 bridgehead atoms. The Kier molecular flexibility index (Phi) is 7.18. The number of carbonyl (C=O) groups is 1. The average molecular weight is 300 g/mol. The van der Waals surface area contributed by atoms with Gasteiger partial charge in [0, 0.05) is 11.1 Å². The summed E-state index contributed by atoms with van der Waals surface area (Å²) in [5, 5.41) is 16.7. The largest absolute Gasteiger partial charge is 1.00 e. The van der Waals surface area contributed by atoms with Crippen molar-refractivity contribution in [2.24, 2.45) is 0 Å². The molecule has 0 N–H and O–H groups in total. The van der Waals surface area contributed by atoms with Crippen molar-refractivity contribution < 1.29 is 44.2 Å². The predicted molar refractivity (Wildman–Crippen MR) is 71.0 cm³/mol. The minimum atomic E-state index is -1.23. The van der Waals surface area contributed by atoms with E-state index < -0.39 is 12.1 Å². The molecule has 7 heteroatoms. The number of hydrogen-bond acceptors (Lipinski definition) is 5. The number of carboxylic acids is 1. The molecule has 100 valence electrons. The number of ether oxygens (including phenoxy) is 1. The van der Waals surface area contributed by atoms with Crippen LogP contribution in [0.15, 0.2) is 29.8 Å². The van der Waals surface area contributed by atoms with Gasteiger partial charge in [0.15, 0.2) is 0 Å². The van der Waals surface area contributed by atoms with Crippen LogP contribution in [0.5, 0.6) is 0 Å². The number of hydrogen-bond donors (Lipinski definition) is 0. The molecular weight excluding hydrogens is 287 g/mol. The van der Waals surface area contributed by atoms with E-state index in [4.69, 9.17) is 4.74 Å². The average Bonchev–Trinajstić information content (AvgIpc) is 3.04. The topological polar surface area (TPSA) is 67.2 Å². The molecule has 0 aromatic carbocycles. The monoisotopic (exact) mass is 300 g/mol. The van der Waals surface area contributed by atoms with Crippen molar-refractivity contribution in [3.05, 3.63) is 40.3 Å². The Morgan fingerprint density at radius 2 is 2.35 bits per heavy atom. The Labute approximate surface area is 143 Å². The molecule has 2 aromatic heterocycles. The zero-order valence-electron chi connectivity index (χ0n) is 11.4. The van der Waals surface area contributed by atoms with Gasteiger partial charge in [-0.1, -0.05) is 6.07 Å². The summed E-state index contributed by atoms with van der Waals surface area (Å²) in [5.41, 5.74) is 0.790. The summed E-state index contributed by atoms with van der Waals surface area (Å²) < 4.78 is 6.60. The van der Waals surface area contributed by atoms with E-state index in [-0.39, 0.29) is 36.3 Å². The van der Waals surface area contributed by atoms with Gasteiger partial charge in [-0.3, -0.25) is 0 Å². The van der Waals surface area contributed by atoms with Crippen LogP contribution in [-0.4, -0.2) is 21.9 Å². The second-order valence-electron chi connectivity index (χ2n) is 3.89. The van der Waals surface area contributed by atoms with Crippen LogP contribution in [0.4, 0.5) is 0 Å². The summed E-state index contributed by atoms with van der Waals surface area (Å²) in [6.07, 6.45) is 4.65. The summed E-state index contributed by atoms with van der Waals surface area (Å²) >= 11 is 1.65. The van der Waals surface area contributed by atoms with E-state index in [1.54, 1.807) is 17.5 Å². The number of aromatic nitrogens is 2. The standard InChI is InChI=1S/C13H14N2O3S.Na/c1-10(13(16)17)18-9-15-7-6-11(14-15)4-5-12-3-2-8-19-12;/h2-8,10H,9H2,1H3,(H,16,17);/q;+1/p-1/b5-4+;. The first-order chi connectivity index (χ1) is 9.15. The van der Waals surface area contributed by atoms with Crippen LogP contribution in [-0.2, 0) is 16.3 Å². The second kappa shape index (κ2) is 8.39. The molecule has 0 spiro atoms. The molecule has 1 unspecified atom stereocenters. The number of nitrogens with zero attached hydrogens (tertiary/aromatic N) is 2. The molecule has 0 radical (unpaired) electrons. The summed E-state index contributed by atoms with van der Waals surface area (Å²) in [7, 11) is 0. The van der Waals surface area contributed by atoms with Crippen LogP contribution < -0.4 is 34.7 Å². The maximum Gasteiger partial charge on any atom is 1.00 e. The van der Waals surface area contributed by atoms with Gasteiger partial charge in [0.05, 0.1) is 17.8 Å². The summed E-state index contributed by atoms with van der Waals surface area (Å²) in [5.74, 6) is -1.23. The fraction of sp³-hybridized carbons (Fsp3) is 0.231. The quantitative estimate of drug-likeness (QED) is 0.592. The maximum atomic E-state index is 10.5.